The Morgan fingerprint density at radius 2 is 1.71 bits per heavy atom. The second-order valence-corrected chi connectivity index (χ2v) is 6.60. The third-order valence-corrected chi connectivity index (χ3v) is 4.86. The van der Waals surface area contributed by atoms with Crippen LogP contribution in [0.25, 0.3) is 10.8 Å². The van der Waals surface area contributed by atoms with Gasteiger partial charge in [0.15, 0.2) is 0 Å². The number of benzene rings is 3. The molecule has 4 rings (SSSR count). The Hall–Kier alpha value is -2.68. The molecule has 0 bridgehead atoms. The highest BCUT2D eigenvalue weighted by atomic mass is 16.5. The van der Waals surface area contributed by atoms with Crippen molar-refractivity contribution in [1.82, 2.24) is 0 Å². The lowest BCUT2D eigenvalue weighted by atomic mass is 9.82. The number of para-hydroxylation sites is 1. The highest BCUT2D eigenvalue weighted by Crippen LogP contribution is 2.47. The Balaban J connectivity index is 1.92. The van der Waals surface area contributed by atoms with Gasteiger partial charge in [-0.3, -0.25) is 0 Å². The van der Waals surface area contributed by atoms with Crippen LogP contribution in [0.5, 0.6) is 23.0 Å². The van der Waals surface area contributed by atoms with E-state index in [1.807, 2.05) is 48.5 Å². The highest BCUT2D eigenvalue weighted by Gasteiger charge is 2.25. The summed E-state index contributed by atoms with van der Waals surface area (Å²) in [4.78, 5) is 0. The van der Waals surface area contributed by atoms with E-state index in [-0.39, 0.29) is 11.5 Å². The molecule has 3 nitrogen and oxygen atoms in total. The smallest absolute Gasteiger partial charge is 0.139 e. The van der Waals surface area contributed by atoms with Crippen LogP contribution in [0.4, 0.5) is 0 Å². The van der Waals surface area contributed by atoms with Gasteiger partial charge in [-0.2, -0.15) is 0 Å². The van der Waals surface area contributed by atoms with Gasteiger partial charge in [-0.1, -0.05) is 37.3 Å². The minimum Gasteiger partial charge on any atom is -0.507 e. The Morgan fingerprint density at radius 3 is 2.50 bits per heavy atom. The number of fused-ring (bicyclic) bond motifs is 2. The molecule has 0 amide bonds. The van der Waals surface area contributed by atoms with Gasteiger partial charge in [-0.25, -0.2) is 0 Å². The van der Waals surface area contributed by atoms with Gasteiger partial charge in [0.05, 0.1) is 5.39 Å². The number of phenols is 2. The van der Waals surface area contributed by atoms with Gasteiger partial charge in [0.2, 0.25) is 0 Å². The maximum Gasteiger partial charge on any atom is 0.139 e. The van der Waals surface area contributed by atoms with Crippen LogP contribution in [0, 0.1) is 5.92 Å². The van der Waals surface area contributed by atoms with Crippen molar-refractivity contribution in [3.05, 3.63) is 59.7 Å². The van der Waals surface area contributed by atoms with E-state index in [0.717, 1.165) is 30.4 Å². The zero-order chi connectivity index (χ0) is 16.7. The molecule has 1 aliphatic rings. The van der Waals surface area contributed by atoms with E-state index < -0.39 is 0 Å². The van der Waals surface area contributed by atoms with Gasteiger partial charge in [-0.15, -0.1) is 0 Å². The summed E-state index contributed by atoms with van der Waals surface area (Å²) >= 11 is 0. The van der Waals surface area contributed by atoms with Crippen LogP contribution in [0.15, 0.2) is 48.5 Å². The monoisotopic (exact) mass is 320 g/mol. The molecule has 3 aromatic carbocycles. The maximum atomic E-state index is 10.9. The molecule has 3 heteroatoms. The fourth-order valence-corrected chi connectivity index (χ4v) is 3.60. The molecule has 3 aromatic rings. The molecule has 2 N–H and O–H groups in total. The van der Waals surface area contributed by atoms with Crippen molar-refractivity contribution in [2.24, 2.45) is 5.92 Å². The van der Waals surface area contributed by atoms with Crippen molar-refractivity contribution in [2.45, 2.75) is 26.2 Å². The molecule has 24 heavy (non-hydrogen) atoms. The van der Waals surface area contributed by atoms with Crippen molar-refractivity contribution >= 4 is 10.8 Å². The van der Waals surface area contributed by atoms with Crippen LogP contribution in [-0.4, -0.2) is 10.2 Å². The van der Waals surface area contributed by atoms with Crippen LogP contribution in [-0.2, 0) is 12.8 Å². The molecule has 1 atom stereocenters. The maximum absolute atomic E-state index is 10.9. The van der Waals surface area contributed by atoms with Crippen molar-refractivity contribution in [3.8, 4) is 23.0 Å². The summed E-state index contributed by atoms with van der Waals surface area (Å²) in [5.74, 6) is 2.31. The van der Waals surface area contributed by atoms with E-state index in [0.29, 0.717) is 28.2 Å². The summed E-state index contributed by atoms with van der Waals surface area (Å²) in [7, 11) is 0. The first kappa shape index (κ1) is 14.9. The predicted octanol–water partition coefficient (Wildman–Crippen LogP) is 5.17. The highest BCUT2D eigenvalue weighted by molar-refractivity contribution is 6.00. The van der Waals surface area contributed by atoms with Crippen LogP contribution in [0.2, 0.25) is 0 Å². The van der Waals surface area contributed by atoms with Gasteiger partial charge in [0.1, 0.15) is 23.0 Å². The molecule has 122 valence electrons. The molecule has 0 saturated heterocycles. The van der Waals surface area contributed by atoms with E-state index in [1.54, 1.807) is 0 Å². The largest absolute Gasteiger partial charge is 0.507 e. The topological polar surface area (TPSA) is 49.7 Å². The van der Waals surface area contributed by atoms with E-state index in [2.05, 4.69) is 6.92 Å². The molecule has 0 saturated carbocycles. The van der Waals surface area contributed by atoms with Crippen molar-refractivity contribution < 1.29 is 14.9 Å². The first-order valence-electron chi connectivity index (χ1n) is 8.36. The number of aromatic hydroxyl groups is 2. The lowest BCUT2D eigenvalue weighted by Crippen LogP contribution is -2.12. The summed E-state index contributed by atoms with van der Waals surface area (Å²) in [5, 5.41) is 22.9. The lowest BCUT2D eigenvalue weighted by molar-refractivity contribution is 0.422. The molecular formula is C21H20O3. The van der Waals surface area contributed by atoms with E-state index >= 15 is 0 Å². The molecular weight excluding hydrogens is 300 g/mol. The Labute approximate surface area is 141 Å². The average molecular weight is 320 g/mol. The van der Waals surface area contributed by atoms with E-state index in [1.165, 1.54) is 0 Å². The lowest BCUT2D eigenvalue weighted by Gasteiger charge is -2.25. The van der Waals surface area contributed by atoms with E-state index in [4.69, 9.17) is 4.74 Å². The van der Waals surface area contributed by atoms with Crippen LogP contribution < -0.4 is 4.74 Å². The van der Waals surface area contributed by atoms with Gasteiger partial charge >= 0.3 is 0 Å². The summed E-state index contributed by atoms with van der Waals surface area (Å²) in [6, 6.07) is 15.0. The number of hydrogen-bond acceptors (Lipinski definition) is 3. The minimum absolute atomic E-state index is 0.247. The van der Waals surface area contributed by atoms with Gasteiger partial charge in [-0.05, 0) is 43.4 Å². The second kappa shape index (κ2) is 5.75. The van der Waals surface area contributed by atoms with Crippen molar-refractivity contribution in [2.75, 3.05) is 0 Å². The van der Waals surface area contributed by atoms with Crippen LogP contribution in [0.1, 0.15) is 24.5 Å². The molecule has 0 heterocycles. The summed E-state index contributed by atoms with van der Waals surface area (Å²) in [6.45, 7) is 2.18. The van der Waals surface area contributed by atoms with Gasteiger partial charge < -0.3 is 14.9 Å². The van der Waals surface area contributed by atoms with Gasteiger partial charge in [0, 0.05) is 16.5 Å². The molecule has 0 fully saturated rings. The summed E-state index contributed by atoms with van der Waals surface area (Å²) in [6.07, 6.45) is 2.60. The van der Waals surface area contributed by atoms with Crippen molar-refractivity contribution in [1.29, 1.82) is 0 Å². The number of rotatable bonds is 2. The van der Waals surface area contributed by atoms with Crippen LogP contribution in [0.3, 0.4) is 0 Å². The van der Waals surface area contributed by atoms with E-state index in [9.17, 15) is 10.2 Å². The standard InChI is InChI=1S/C21H20O3/c1-13-10-11-15-17(12-13)20(22)16-8-5-9-18(19(16)21(15)23)24-14-6-3-2-4-7-14/h2-9,13,22-23H,10-12H2,1H3. The quantitative estimate of drug-likeness (QED) is 0.641. The van der Waals surface area contributed by atoms with Gasteiger partial charge in [0.25, 0.3) is 0 Å². The fraction of sp³-hybridized carbons (Fsp3) is 0.238. The average Bonchev–Trinajstić information content (AvgIpc) is 2.60. The number of hydrogen-bond donors (Lipinski definition) is 2. The molecule has 0 spiro atoms. The Kier molecular flexibility index (Phi) is 3.57. The predicted molar refractivity (Wildman–Crippen MR) is 95.0 cm³/mol. The Bertz CT molecular complexity index is 900. The summed E-state index contributed by atoms with van der Waals surface area (Å²) in [5.41, 5.74) is 1.75. The molecule has 1 aliphatic carbocycles. The normalized spacial score (nSPS) is 16.8. The van der Waals surface area contributed by atoms with Crippen LogP contribution >= 0.6 is 0 Å². The second-order valence-electron chi connectivity index (χ2n) is 6.60. The molecule has 0 radical (unpaired) electrons. The number of phenolic OH excluding ortho intramolecular Hbond substituents is 2. The zero-order valence-electron chi connectivity index (χ0n) is 13.6. The van der Waals surface area contributed by atoms with Crippen molar-refractivity contribution in [3.63, 3.8) is 0 Å². The Morgan fingerprint density at radius 1 is 0.917 bits per heavy atom. The molecule has 1 unspecified atom stereocenters. The fourth-order valence-electron chi connectivity index (χ4n) is 3.60. The first-order chi connectivity index (χ1) is 11.6. The third-order valence-electron chi connectivity index (χ3n) is 4.86. The SMILES string of the molecule is CC1CCc2c(c(O)c3cccc(Oc4ccccc4)c3c2O)C1. The number of ether oxygens (including phenoxy) is 1. The third kappa shape index (κ3) is 2.37. The minimum atomic E-state index is 0.247. The summed E-state index contributed by atoms with van der Waals surface area (Å²) < 4.78 is 5.97. The zero-order valence-corrected chi connectivity index (χ0v) is 13.6. The molecule has 0 aliphatic heterocycles. The first-order valence-corrected chi connectivity index (χ1v) is 8.36. The molecule has 0 aromatic heterocycles.